The average molecular weight is 375 g/mol. The molecule has 0 unspecified atom stereocenters. The van der Waals surface area contributed by atoms with Crippen LogP contribution in [-0.4, -0.2) is 34.6 Å². The SMILES string of the molecule is O=C(ON1OCCO1)c1cccc(NCc2ccc([N+](=O)[O-])c(CO)c2)c1. The number of anilines is 1. The number of rotatable bonds is 7. The predicted octanol–water partition coefficient (Wildman–Crippen LogP) is 1.95. The van der Waals surface area contributed by atoms with Gasteiger partial charge in [-0.3, -0.25) is 10.1 Å². The first-order chi connectivity index (χ1) is 13.1. The van der Waals surface area contributed by atoms with E-state index >= 15 is 0 Å². The van der Waals surface area contributed by atoms with E-state index in [1.807, 2.05) is 0 Å². The lowest BCUT2D eigenvalue weighted by atomic mass is 10.1. The normalized spacial score (nSPS) is 14.1. The Hall–Kier alpha value is -3.05. The average Bonchev–Trinajstić information content (AvgIpc) is 3.19. The summed E-state index contributed by atoms with van der Waals surface area (Å²) in [6, 6.07) is 11.1. The molecule has 27 heavy (non-hydrogen) atoms. The van der Waals surface area contributed by atoms with Gasteiger partial charge in [0.25, 0.3) is 5.69 Å². The molecular formula is C17H17N3O7. The maximum absolute atomic E-state index is 12.1. The Labute approximate surface area is 153 Å². The highest BCUT2D eigenvalue weighted by atomic mass is 17.2. The highest BCUT2D eigenvalue weighted by molar-refractivity contribution is 5.90. The van der Waals surface area contributed by atoms with Crippen molar-refractivity contribution in [3.05, 3.63) is 69.3 Å². The molecule has 10 heteroatoms. The number of hydrogen-bond donors (Lipinski definition) is 2. The van der Waals surface area contributed by atoms with Gasteiger partial charge in [0.05, 0.1) is 22.7 Å². The summed E-state index contributed by atoms with van der Waals surface area (Å²) >= 11 is 0. The molecule has 1 saturated heterocycles. The van der Waals surface area contributed by atoms with Gasteiger partial charge in [-0.15, -0.1) is 0 Å². The fourth-order valence-electron chi connectivity index (χ4n) is 2.45. The molecule has 0 bridgehead atoms. The third-order valence-corrected chi connectivity index (χ3v) is 3.74. The van der Waals surface area contributed by atoms with Gasteiger partial charge in [-0.25, -0.2) is 14.5 Å². The lowest BCUT2D eigenvalue weighted by Crippen LogP contribution is -2.22. The molecule has 0 aliphatic carbocycles. The summed E-state index contributed by atoms with van der Waals surface area (Å²) in [4.78, 5) is 37.2. The van der Waals surface area contributed by atoms with Gasteiger partial charge in [-0.05, 0) is 29.8 Å². The molecule has 1 fully saturated rings. The molecule has 1 aliphatic heterocycles. The molecule has 3 rings (SSSR count). The third-order valence-electron chi connectivity index (χ3n) is 3.74. The van der Waals surface area contributed by atoms with Crippen LogP contribution in [0.15, 0.2) is 42.5 Å². The van der Waals surface area contributed by atoms with Crippen LogP contribution in [0.1, 0.15) is 21.5 Å². The lowest BCUT2D eigenvalue weighted by molar-refractivity contribution is -0.455. The number of carbonyl (C=O) groups is 1. The Morgan fingerprint density at radius 1 is 1.26 bits per heavy atom. The molecule has 1 aliphatic rings. The van der Waals surface area contributed by atoms with E-state index in [2.05, 4.69) is 5.32 Å². The van der Waals surface area contributed by atoms with Crippen LogP contribution < -0.4 is 5.32 Å². The zero-order chi connectivity index (χ0) is 19.2. The third kappa shape index (κ3) is 4.77. The highest BCUT2D eigenvalue weighted by Crippen LogP contribution is 2.21. The molecule has 0 amide bonds. The van der Waals surface area contributed by atoms with Crippen molar-refractivity contribution in [3.63, 3.8) is 0 Å². The van der Waals surface area contributed by atoms with Gasteiger partial charge in [0.2, 0.25) is 0 Å². The number of nitrogens with one attached hydrogen (secondary N) is 1. The van der Waals surface area contributed by atoms with Crippen molar-refractivity contribution in [2.45, 2.75) is 13.2 Å². The van der Waals surface area contributed by atoms with Gasteiger partial charge >= 0.3 is 5.97 Å². The van der Waals surface area contributed by atoms with Crippen molar-refractivity contribution in [2.24, 2.45) is 0 Å². The Kier molecular flexibility index (Phi) is 5.94. The highest BCUT2D eigenvalue weighted by Gasteiger charge is 2.20. The minimum absolute atomic E-state index is 0.127. The van der Waals surface area contributed by atoms with E-state index in [1.54, 1.807) is 36.4 Å². The molecule has 1 heterocycles. The topological polar surface area (TPSA) is 123 Å². The first-order valence-electron chi connectivity index (χ1n) is 8.06. The van der Waals surface area contributed by atoms with Gasteiger partial charge in [0, 0.05) is 18.3 Å². The minimum Gasteiger partial charge on any atom is -0.391 e. The van der Waals surface area contributed by atoms with E-state index in [4.69, 9.17) is 14.5 Å². The van der Waals surface area contributed by atoms with Crippen LogP contribution in [0.2, 0.25) is 0 Å². The second-order valence-electron chi connectivity index (χ2n) is 5.58. The maximum atomic E-state index is 12.1. The molecule has 0 saturated carbocycles. The Morgan fingerprint density at radius 3 is 2.74 bits per heavy atom. The van der Waals surface area contributed by atoms with Crippen molar-refractivity contribution in [1.82, 2.24) is 5.39 Å². The number of aliphatic hydroxyl groups excluding tert-OH is 1. The first kappa shape index (κ1) is 18.7. The summed E-state index contributed by atoms with van der Waals surface area (Å²) in [5.41, 5.74) is 1.80. The molecule has 0 aromatic heterocycles. The van der Waals surface area contributed by atoms with Crippen LogP contribution in [0.4, 0.5) is 11.4 Å². The summed E-state index contributed by atoms with van der Waals surface area (Å²) in [5, 5.41) is 24.0. The monoisotopic (exact) mass is 375 g/mol. The van der Waals surface area contributed by atoms with E-state index in [1.165, 1.54) is 6.07 Å². The number of benzene rings is 2. The van der Waals surface area contributed by atoms with Gasteiger partial charge in [0.15, 0.2) is 0 Å². The lowest BCUT2D eigenvalue weighted by Gasteiger charge is -2.12. The van der Waals surface area contributed by atoms with Crippen LogP contribution in [0.25, 0.3) is 0 Å². The predicted molar refractivity (Wildman–Crippen MR) is 91.9 cm³/mol. The first-order valence-corrected chi connectivity index (χ1v) is 8.06. The summed E-state index contributed by atoms with van der Waals surface area (Å²) in [6.45, 7) is 0.536. The summed E-state index contributed by atoms with van der Waals surface area (Å²) in [5.74, 6) is -0.640. The number of carbonyl (C=O) groups excluding carboxylic acids is 1. The van der Waals surface area contributed by atoms with Crippen LogP contribution in [0.3, 0.4) is 0 Å². The fraction of sp³-hybridized carbons (Fsp3) is 0.235. The van der Waals surface area contributed by atoms with Gasteiger partial charge < -0.3 is 15.3 Å². The Balaban J connectivity index is 1.64. The quantitative estimate of drug-likeness (QED) is 0.552. The maximum Gasteiger partial charge on any atom is 0.362 e. The molecule has 142 valence electrons. The van der Waals surface area contributed by atoms with E-state index in [9.17, 15) is 20.0 Å². The molecule has 2 aromatic carbocycles. The van der Waals surface area contributed by atoms with Crippen LogP contribution in [0, 0.1) is 10.1 Å². The van der Waals surface area contributed by atoms with Crippen molar-refractivity contribution in [3.8, 4) is 0 Å². The van der Waals surface area contributed by atoms with Gasteiger partial charge in [-0.1, -0.05) is 12.1 Å². The zero-order valence-corrected chi connectivity index (χ0v) is 14.2. The Bertz CT molecular complexity index is 837. The largest absolute Gasteiger partial charge is 0.391 e. The van der Waals surface area contributed by atoms with Crippen LogP contribution >= 0.6 is 0 Å². The molecule has 10 nitrogen and oxygen atoms in total. The second-order valence-corrected chi connectivity index (χ2v) is 5.58. The molecule has 0 atom stereocenters. The van der Waals surface area contributed by atoms with E-state index in [-0.39, 0.29) is 11.3 Å². The number of nitro benzene ring substituents is 1. The molecule has 0 radical (unpaired) electrons. The fourth-order valence-corrected chi connectivity index (χ4v) is 2.45. The van der Waals surface area contributed by atoms with Crippen LogP contribution in [-0.2, 0) is 27.7 Å². The van der Waals surface area contributed by atoms with Gasteiger partial charge in [0.1, 0.15) is 18.6 Å². The molecule has 2 aromatic rings. The summed E-state index contributed by atoms with van der Waals surface area (Å²) in [7, 11) is 0. The van der Waals surface area contributed by atoms with E-state index in [0.717, 1.165) is 5.56 Å². The zero-order valence-electron chi connectivity index (χ0n) is 14.2. The van der Waals surface area contributed by atoms with E-state index < -0.39 is 17.5 Å². The number of nitrogens with zero attached hydrogens (tertiary/aromatic N) is 2. The van der Waals surface area contributed by atoms with Crippen LogP contribution in [0.5, 0.6) is 0 Å². The minimum atomic E-state index is -0.640. The number of nitro groups is 1. The summed E-state index contributed by atoms with van der Waals surface area (Å²) in [6.07, 6.45) is 0. The molecule has 0 spiro atoms. The second kappa shape index (κ2) is 8.56. The van der Waals surface area contributed by atoms with Crippen molar-refractivity contribution in [2.75, 3.05) is 18.5 Å². The van der Waals surface area contributed by atoms with Crippen molar-refractivity contribution >= 4 is 17.3 Å². The van der Waals surface area contributed by atoms with Gasteiger partial charge in [-0.2, -0.15) is 0 Å². The van der Waals surface area contributed by atoms with Crippen molar-refractivity contribution in [1.29, 1.82) is 0 Å². The van der Waals surface area contributed by atoms with Crippen molar-refractivity contribution < 1.29 is 29.3 Å². The standard InChI is InChI=1S/C17H17N3O7/c21-11-14-8-12(4-5-16(14)19(23)24)10-18-15-3-1-2-13(9-15)17(22)27-20-25-6-7-26-20/h1-5,8-9,18,21H,6-7,10-11H2. The summed E-state index contributed by atoms with van der Waals surface area (Å²) < 4.78 is 0. The Morgan fingerprint density at radius 2 is 2.04 bits per heavy atom. The van der Waals surface area contributed by atoms with E-state index in [0.29, 0.717) is 36.4 Å². The number of aliphatic hydroxyl groups is 1. The number of hydrogen-bond acceptors (Lipinski definition) is 9. The molecule has 2 N–H and O–H groups in total. The molecular weight excluding hydrogens is 358 g/mol. The smallest absolute Gasteiger partial charge is 0.362 e.